The molecule has 0 heterocycles. The van der Waals surface area contributed by atoms with E-state index >= 15 is 0 Å². The molecule has 0 aliphatic heterocycles. The van der Waals surface area contributed by atoms with E-state index in [2.05, 4.69) is 43.5 Å². The van der Waals surface area contributed by atoms with E-state index in [-0.39, 0.29) is 18.9 Å². The van der Waals surface area contributed by atoms with Crippen LogP contribution in [0.1, 0.15) is 284 Å². The zero-order valence-corrected chi connectivity index (χ0v) is 40.4. The first kappa shape index (κ1) is 58.6. The second-order valence-electron chi connectivity index (χ2n) is 18.5. The third-order valence-electron chi connectivity index (χ3n) is 12.4. The Morgan fingerprint density at radius 1 is 0.417 bits per heavy atom. The summed E-state index contributed by atoms with van der Waals surface area (Å²) in [5.41, 5.74) is 0. The number of hydrogen-bond acceptors (Lipinski definition) is 4. The first-order chi connectivity index (χ1) is 29.5. The van der Waals surface area contributed by atoms with Crippen molar-refractivity contribution in [3.63, 3.8) is 0 Å². The number of hydrogen-bond donors (Lipinski definition) is 4. The summed E-state index contributed by atoms with van der Waals surface area (Å²) < 4.78 is 0. The zero-order chi connectivity index (χ0) is 43.7. The van der Waals surface area contributed by atoms with Crippen molar-refractivity contribution in [1.82, 2.24) is 5.32 Å². The van der Waals surface area contributed by atoms with Gasteiger partial charge in [0.2, 0.25) is 5.91 Å². The lowest BCUT2D eigenvalue weighted by Crippen LogP contribution is -2.45. The minimum Gasteiger partial charge on any atom is -0.394 e. The monoisotopic (exact) mass is 844 g/mol. The average molecular weight is 844 g/mol. The molecule has 0 aliphatic carbocycles. The van der Waals surface area contributed by atoms with Crippen molar-refractivity contribution >= 4 is 5.91 Å². The van der Waals surface area contributed by atoms with Crippen molar-refractivity contribution in [3.05, 3.63) is 36.5 Å². The Bertz CT molecular complexity index is 931. The van der Waals surface area contributed by atoms with Gasteiger partial charge in [-0.2, -0.15) is 0 Å². The van der Waals surface area contributed by atoms with Crippen LogP contribution in [0.4, 0.5) is 0 Å². The molecule has 3 unspecified atom stereocenters. The summed E-state index contributed by atoms with van der Waals surface area (Å²) in [6, 6.07) is -0.761. The van der Waals surface area contributed by atoms with Crippen molar-refractivity contribution in [2.24, 2.45) is 0 Å². The molecule has 0 aromatic carbocycles. The maximum atomic E-state index is 12.5. The van der Waals surface area contributed by atoms with Crippen molar-refractivity contribution in [1.29, 1.82) is 0 Å². The molecule has 5 heteroatoms. The van der Waals surface area contributed by atoms with E-state index in [1.165, 1.54) is 225 Å². The van der Waals surface area contributed by atoms with Crippen molar-refractivity contribution in [2.75, 3.05) is 6.61 Å². The highest BCUT2D eigenvalue weighted by atomic mass is 16.3. The molecule has 0 saturated carbocycles. The molecule has 1 amide bonds. The number of nitrogens with one attached hydrogen (secondary N) is 1. The fourth-order valence-electron chi connectivity index (χ4n) is 8.29. The molecule has 60 heavy (non-hydrogen) atoms. The van der Waals surface area contributed by atoms with Gasteiger partial charge in [-0.15, -0.1) is 0 Å². The van der Waals surface area contributed by atoms with Gasteiger partial charge in [0.05, 0.1) is 31.3 Å². The highest BCUT2D eigenvalue weighted by Gasteiger charge is 2.20. The number of amides is 1. The Hall–Kier alpha value is -1.43. The Morgan fingerprint density at radius 2 is 0.717 bits per heavy atom. The molecule has 0 spiro atoms. The fraction of sp³-hybridized carbons (Fsp3) is 0.873. The normalized spacial score (nSPS) is 13.6. The van der Waals surface area contributed by atoms with E-state index < -0.39 is 18.2 Å². The molecular formula is C55H105NO4. The molecule has 0 aliphatic rings. The molecule has 0 fully saturated rings. The number of allylic oxidation sites excluding steroid dienone is 5. The molecule has 0 aromatic heterocycles. The molecule has 0 rings (SSSR count). The van der Waals surface area contributed by atoms with Gasteiger partial charge in [-0.1, -0.05) is 256 Å². The number of rotatable bonds is 49. The highest BCUT2D eigenvalue weighted by Crippen LogP contribution is 2.16. The van der Waals surface area contributed by atoms with Crippen LogP contribution in [0, 0.1) is 0 Å². The summed E-state index contributed by atoms with van der Waals surface area (Å²) in [5.74, 6) is -0.323. The lowest BCUT2D eigenvalue weighted by Gasteiger charge is -2.21. The lowest BCUT2D eigenvalue weighted by atomic mass is 10.0. The molecule has 0 bridgehead atoms. The SMILES string of the molecule is CCCCCCCCCCCCCC/C=C\CCCCCCCCCCCCCC(O)CC(=O)NC(CO)C(O)/C=C/CC/C=C/CCCCCCCCCCCCCC. The van der Waals surface area contributed by atoms with E-state index in [0.717, 1.165) is 32.1 Å². The number of carbonyl (C=O) groups excluding carboxylic acids is 1. The number of carbonyl (C=O) groups is 1. The van der Waals surface area contributed by atoms with Gasteiger partial charge in [0.1, 0.15) is 0 Å². The molecular weight excluding hydrogens is 739 g/mol. The van der Waals surface area contributed by atoms with Crippen LogP contribution >= 0.6 is 0 Å². The topological polar surface area (TPSA) is 89.8 Å². The van der Waals surface area contributed by atoms with Crippen LogP contribution in [0.25, 0.3) is 0 Å². The predicted molar refractivity (Wildman–Crippen MR) is 264 cm³/mol. The first-order valence-corrected chi connectivity index (χ1v) is 26.8. The summed E-state index contributed by atoms with van der Waals surface area (Å²) in [4.78, 5) is 12.5. The molecule has 5 nitrogen and oxygen atoms in total. The maximum absolute atomic E-state index is 12.5. The summed E-state index contributed by atoms with van der Waals surface area (Å²) in [7, 11) is 0. The van der Waals surface area contributed by atoms with Crippen molar-refractivity contribution < 1.29 is 20.1 Å². The third-order valence-corrected chi connectivity index (χ3v) is 12.4. The predicted octanol–water partition coefficient (Wildman–Crippen LogP) is 16.3. The minimum atomic E-state index is -0.952. The van der Waals surface area contributed by atoms with Gasteiger partial charge in [-0.3, -0.25) is 4.79 Å². The van der Waals surface area contributed by atoms with Crippen LogP contribution in [0.2, 0.25) is 0 Å². The van der Waals surface area contributed by atoms with Crippen LogP contribution in [-0.4, -0.2) is 46.1 Å². The fourth-order valence-corrected chi connectivity index (χ4v) is 8.29. The lowest BCUT2D eigenvalue weighted by molar-refractivity contribution is -0.124. The van der Waals surface area contributed by atoms with Crippen LogP contribution in [0.5, 0.6) is 0 Å². The van der Waals surface area contributed by atoms with Gasteiger partial charge < -0.3 is 20.6 Å². The van der Waals surface area contributed by atoms with Gasteiger partial charge in [0, 0.05) is 0 Å². The second-order valence-corrected chi connectivity index (χ2v) is 18.5. The first-order valence-electron chi connectivity index (χ1n) is 26.8. The van der Waals surface area contributed by atoms with Crippen LogP contribution in [0.3, 0.4) is 0 Å². The van der Waals surface area contributed by atoms with E-state index in [1.54, 1.807) is 6.08 Å². The Balaban J connectivity index is 3.60. The number of aliphatic hydroxyl groups excluding tert-OH is 3. The summed E-state index contributed by atoms with van der Waals surface area (Å²) in [5, 5.41) is 33.4. The Morgan fingerprint density at radius 3 is 1.07 bits per heavy atom. The summed E-state index contributed by atoms with van der Waals surface area (Å²) in [6.45, 7) is 4.23. The molecule has 3 atom stereocenters. The highest BCUT2D eigenvalue weighted by molar-refractivity contribution is 5.76. The number of aliphatic hydroxyl groups is 3. The summed E-state index contributed by atoms with van der Waals surface area (Å²) >= 11 is 0. The summed E-state index contributed by atoms with van der Waals surface area (Å²) in [6.07, 6.45) is 64.7. The maximum Gasteiger partial charge on any atom is 0.222 e. The quantitative estimate of drug-likeness (QED) is 0.0363. The van der Waals surface area contributed by atoms with Crippen molar-refractivity contribution in [2.45, 2.75) is 302 Å². The minimum absolute atomic E-state index is 0.00663. The van der Waals surface area contributed by atoms with E-state index in [0.29, 0.717) is 6.42 Å². The smallest absolute Gasteiger partial charge is 0.222 e. The molecule has 0 saturated heterocycles. The second kappa shape index (κ2) is 50.2. The standard InChI is InChI=1S/C55H105NO4/c1-3-5-7-9-11-13-15-17-19-21-23-24-25-26-27-28-29-30-31-32-34-36-38-40-42-44-46-48-52(58)50-55(60)56-53(51-57)54(59)49-47-45-43-41-39-37-35-33-22-20-18-16-14-12-10-8-6-4-2/h26-27,39,41,47,49,52-54,57-59H,3-25,28-38,40,42-46,48,50-51H2,1-2H3,(H,56,60)/b27-26-,41-39+,49-47+. The van der Waals surface area contributed by atoms with Crippen LogP contribution in [-0.2, 0) is 4.79 Å². The van der Waals surface area contributed by atoms with Crippen molar-refractivity contribution in [3.8, 4) is 0 Å². The molecule has 4 N–H and O–H groups in total. The molecule has 0 radical (unpaired) electrons. The van der Waals surface area contributed by atoms with Crippen LogP contribution < -0.4 is 5.32 Å². The van der Waals surface area contributed by atoms with Crippen LogP contribution in [0.15, 0.2) is 36.5 Å². The third kappa shape index (κ3) is 46.1. The molecule has 354 valence electrons. The van der Waals surface area contributed by atoms with Gasteiger partial charge in [0.25, 0.3) is 0 Å². The number of unbranched alkanes of at least 4 members (excludes halogenated alkanes) is 36. The molecule has 0 aromatic rings. The average Bonchev–Trinajstić information content (AvgIpc) is 3.24. The van der Waals surface area contributed by atoms with E-state index in [1.807, 2.05) is 6.08 Å². The van der Waals surface area contributed by atoms with Gasteiger partial charge in [-0.25, -0.2) is 0 Å². The Kier molecular flexibility index (Phi) is 49.0. The largest absolute Gasteiger partial charge is 0.394 e. The zero-order valence-electron chi connectivity index (χ0n) is 40.4. The van der Waals surface area contributed by atoms with Gasteiger partial charge in [-0.05, 0) is 57.8 Å². The van der Waals surface area contributed by atoms with Gasteiger partial charge >= 0.3 is 0 Å². The van der Waals surface area contributed by atoms with Gasteiger partial charge in [0.15, 0.2) is 0 Å². The van der Waals surface area contributed by atoms with E-state index in [4.69, 9.17) is 0 Å². The Labute approximate surface area is 374 Å². The van der Waals surface area contributed by atoms with E-state index in [9.17, 15) is 20.1 Å².